The average molecular weight is 489 g/mol. The second kappa shape index (κ2) is 18.8. The van der Waals surface area contributed by atoms with Gasteiger partial charge in [-0.1, -0.05) is 82.6 Å². The van der Waals surface area contributed by atoms with Crippen LogP contribution in [0, 0.1) is 0 Å². The van der Waals surface area contributed by atoms with Crippen molar-refractivity contribution in [3.8, 4) is 0 Å². The highest BCUT2D eigenvalue weighted by Gasteiger charge is 2.48. The standard InChI is InChI=1S/C27H54NO4P/c1-5-6-7-8-9-10-11-12-13-14-15-16-17-18-19-20-21-22-23-24-25-27(29,33(30,31)32)26-28(2,3)4/h8-9,17-18,29H,5-7,10-16,19-26H2,1-4H3,(H-,30,31,32)/p+1/b9-8-,18-17-. The van der Waals surface area contributed by atoms with Crippen LogP contribution in [0.1, 0.15) is 116 Å². The van der Waals surface area contributed by atoms with Crippen molar-refractivity contribution < 1.29 is 23.9 Å². The van der Waals surface area contributed by atoms with Crippen LogP contribution in [-0.4, -0.2) is 52.4 Å². The van der Waals surface area contributed by atoms with E-state index in [0.29, 0.717) is 10.9 Å². The van der Waals surface area contributed by atoms with Crippen LogP contribution in [0.2, 0.25) is 0 Å². The third-order valence-electron chi connectivity index (χ3n) is 6.02. The molecule has 0 bridgehead atoms. The summed E-state index contributed by atoms with van der Waals surface area (Å²) in [5, 5.41) is 8.63. The minimum Gasteiger partial charge on any atom is -0.373 e. The van der Waals surface area contributed by atoms with Crippen molar-refractivity contribution in [3.63, 3.8) is 0 Å². The molecule has 5 nitrogen and oxygen atoms in total. The summed E-state index contributed by atoms with van der Waals surface area (Å²) in [6.07, 6.45) is 28.4. The van der Waals surface area contributed by atoms with E-state index in [-0.39, 0.29) is 13.0 Å². The lowest BCUT2D eigenvalue weighted by Gasteiger charge is -2.35. The van der Waals surface area contributed by atoms with Crippen molar-refractivity contribution in [1.29, 1.82) is 0 Å². The number of unbranched alkanes of at least 4 members (excludes halogenated alkanes) is 13. The van der Waals surface area contributed by atoms with Gasteiger partial charge in [-0.25, -0.2) is 0 Å². The first kappa shape index (κ1) is 32.5. The van der Waals surface area contributed by atoms with E-state index in [4.69, 9.17) is 0 Å². The zero-order valence-electron chi connectivity index (χ0n) is 22.2. The topological polar surface area (TPSA) is 77.8 Å². The first-order chi connectivity index (χ1) is 15.5. The lowest BCUT2D eigenvalue weighted by atomic mass is 10.1. The van der Waals surface area contributed by atoms with Crippen LogP contribution in [0.4, 0.5) is 0 Å². The number of allylic oxidation sites excluding steroid dienone is 4. The molecule has 0 aliphatic heterocycles. The Hall–Kier alpha value is -0.450. The van der Waals surface area contributed by atoms with Gasteiger partial charge in [0.2, 0.25) is 5.34 Å². The van der Waals surface area contributed by atoms with Crippen molar-refractivity contribution in [3.05, 3.63) is 24.3 Å². The molecule has 1 atom stereocenters. The molecule has 0 saturated carbocycles. The molecule has 0 aromatic carbocycles. The molecule has 196 valence electrons. The summed E-state index contributed by atoms with van der Waals surface area (Å²) < 4.78 is 12.1. The molecule has 0 fully saturated rings. The zero-order valence-corrected chi connectivity index (χ0v) is 23.1. The van der Waals surface area contributed by atoms with Crippen molar-refractivity contribution in [2.45, 2.75) is 121 Å². The number of hydrogen-bond acceptors (Lipinski definition) is 2. The minimum absolute atomic E-state index is 0.0541. The zero-order chi connectivity index (χ0) is 25.1. The fourth-order valence-electron chi connectivity index (χ4n) is 4.13. The van der Waals surface area contributed by atoms with Crippen LogP contribution in [0.15, 0.2) is 24.3 Å². The van der Waals surface area contributed by atoms with E-state index in [1.807, 2.05) is 21.1 Å². The fraction of sp³-hybridized carbons (Fsp3) is 0.852. The third kappa shape index (κ3) is 19.5. The van der Waals surface area contributed by atoms with Crippen molar-refractivity contribution in [2.24, 2.45) is 0 Å². The van der Waals surface area contributed by atoms with Gasteiger partial charge < -0.3 is 19.4 Å². The average Bonchev–Trinajstić information content (AvgIpc) is 2.70. The molecule has 0 rings (SSSR count). The molecule has 33 heavy (non-hydrogen) atoms. The number of nitrogens with zero attached hydrogens (tertiary/aromatic N) is 1. The van der Waals surface area contributed by atoms with Crippen molar-refractivity contribution >= 4 is 7.60 Å². The lowest BCUT2D eigenvalue weighted by Crippen LogP contribution is -2.49. The van der Waals surface area contributed by atoms with Gasteiger partial charge in [0.25, 0.3) is 0 Å². The van der Waals surface area contributed by atoms with Crippen LogP contribution < -0.4 is 0 Å². The molecule has 0 saturated heterocycles. The van der Waals surface area contributed by atoms with Crippen molar-refractivity contribution in [2.75, 3.05) is 27.7 Å². The van der Waals surface area contributed by atoms with Crippen LogP contribution >= 0.6 is 7.60 Å². The smallest absolute Gasteiger partial charge is 0.362 e. The number of quaternary nitrogens is 1. The van der Waals surface area contributed by atoms with Gasteiger partial charge in [-0.3, -0.25) is 4.57 Å². The summed E-state index contributed by atoms with van der Waals surface area (Å²) in [7, 11) is 0.959. The molecule has 1 unspecified atom stereocenters. The van der Waals surface area contributed by atoms with E-state index in [1.54, 1.807) is 0 Å². The Morgan fingerprint density at radius 3 is 1.39 bits per heavy atom. The van der Waals surface area contributed by atoms with Gasteiger partial charge in [-0.15, -0.1) is 0 Å². The Morgan fingerprint density at radius 1 is 0.667 bits per heavy atom. The molecule has 0 aliphatic carbocycles. The Bertz CT molecular complexity index is 565. The molecule has 0 radical (unpaired) electrons. The molecule has 0 amide bonds. The van der Waals surface area contributed by atoms with Crippen LogP contribution in [0.25, 0.3) is 0 Å². The highest BCUT2D eigenvalue weighted by molar-refractivity contribution is 7.53. The molecule has 0 heterocycles. The Kier molecular flexibility index (Phi) is 18.6. The maximum atomic E-state index is 11.8. The summed E-state index contributed by atoms with van der Waals surface area (Å²) in [5.74, 6) is 0. The number of aliphatic hydroxyl groups is 1. The van der Waals surface area contributed by atoms with Gasteiger partial charge in [0.15, 0.2) is 0 Å². The molecule has 3 N–H and O–H groups in total. The van der Waals surface area contributed by atoms with Gasteiger partial charge in [0.05, 0.1) is 21.1 Å². The van der Waals surface area contributed by atoms with Gasteiger partial charge >= 0.3 is 7.60 Å². The Labute approximate surface area is 205 Å². The first-order valence-electron chi connectivity index (χ1n) is 13.4. The summed E-state index contributed by atoms with van der Waals surface area (Å²) in [6.45, 7) is 2.29. The number of hydrogen-bond donors (Lipinski definition) is 3. The largest absolute Gasteiger partial charge is 0.373 e. The van der Waals surface area contributed by atoms with E-state index < -0.39 is 12.9 Å². The highest BCUT2D eigenvalue weighted by Crippen LogP contribution is 2.52. The predicted molar refractivity (Wildman–Crippen MR) is 142 cm³/mol. The van der Waals surface area contributed by atoms with Crippen LogP contribution in [0.5, 0.6) is 0 Å². The molecule has 0 aromatic heterocycles. The van der Waals surface area contributed by atoms with E-state index in [2.05, 4.69) is 31.2 Å². The maximum absolute atomic E-state index is 11.8. The van der Waals surface area contributed by atoms with E-state index >= 15 is 0 Å². The van der Waals surface area contributed by atoms with Gasteiger partial charge in [-0.2, -0.15) is 0 Å². The molecule has 6 heteroatoms. The third-order valence-corrected chi connectivity index (χ3v) is 7.47. The Morgan fingerprint density at radius 2 is 1.03 bits per heavy atom. The van der Waals surface area contributed by atoms with E-state index in [0.717, 1.165) is 32.1 Å². The molecular formula is C27H55NO4P+. The molecule has 0 spiro atoms. The van der Waals surface area contributed by atoms with Gasteiger partial charge in [0, 0.05) is 0 Å². The monoisotopic (exact) mass is 488 g/mol. The SMILES string of the molecule is CCCC/C=C\CCCCCCC/C=C\CCCCCCCC(O)(C[N+](C)(C)C)P(=O)(O)O. The predicted octanol–water partition coefficient (Wildman–Crippen LogP) is 7.32. The first-order valence-corrected chi connectivity index (χ1v) is 15.0. The molecular weight excluding hydrogens is 433 g/mol. The summed E-state index contributed by atoms with van der Waals surface area (Å²) in [6, 6.07) is 0. The molecule has 0 aliphatic rings. The number of rotatable bonds is 22. The summed E-state index contributed by atoms with van der Waals surface area (Å²) in [5.41, 5.74) is 0. The minimum atomic E-state index is -4.55. The maximum Gasteiger partial charge on any atom is 0.362 e. The normalized spacial score (nSPS) is 15.0. The molecule has 0 aromatic rings. The highest BCUT2D eigenvalue weighted by atomic mass is 31.2. The summed E-state index contributed by atoms with van der Waals surface area (Å²) in [4.78, 5) is 19.2. The second-order valence-electron chi connectivity index (χ2n) is 10.7. The van der Waals surface area contributed by atoms with Crippen molar-refractivity contribution in [1.82, 2.24) is 0 Å². The van der Waals surface area contributed by atoms with Crippen LogP contribution in [0.3, 0.4) is 0 Å². The fourth-order valence-corrected chi connectivity index (χ4v) is 5.18. The van der Waals surface area contributed by atoms with Crippen LogP contribution in [-0.2, 0) is 4.57 Å². The number of likely N-dealkylation sites (N-methyl/N-ethyl adjacent to an activating group) is 1. The quantitative estimate of drug-likeness (QED) is 0.0645. The summed E-state index contributed by atoms with van der Waals surface area (Å²) >= 11 is 0. The second-order valence-corrected chi connectivity index (χ2v) is 12.6. The van der Waals surface area contributed by atoms with Gasteiger partial charge in [0.1, 0.15) is 6.54 Å². The van der Waals surface area contributed by atoms with Gasteiger partial charge in [-0.05, 0) is 57.8 Å². The lowest BCUT2D eigenvalue weighted by molar-refractivity contribution is -0.875. The Balaban J connectivity index is 3.63. The van der Waals surface area contributed by atoms with E-state index in [9.17, 15) is 19.5 Å². The van der Waals surface area contributed by atoms with E-state index in [1.165, 1.54) is 64.2 Å².